The maximum Gasteiger partial charge on any atom is 0.252 e. The van der Waals surface area contributed by atoms with Crippen molar-refractivity contribution in [3.8, 4) is 5.69 Å². The standard InChI is InChI=1S/C61H60BN3/c1-36(2)41-15-22-48(23-16-41)63-57-27-20-45(39(7)8)32-53(57)62-54-33-46(40(9)10)21-28-58(54)64(49-24-17-42-13-11-12-14-47(42)29-49)60-35-50(34-59(63)61(60)62)65-55-25-18-43(37(3)4)30-51(55)52-31-44(38(5)6)19-26-56(52)65/h11-40H,1-10H3. The van der Waals surface area contributed by atoms with Gasteiger partial charge in [0.1, 0.15) is 0 Å². The molecule has 2 aliphatic rings. The number of hydrogen-bond acceptors (Lipinski definition) is 2. The molecule has 322 valence electrons. The summed E-state index contributed by atoms with van der Waals surface area (Å²) in [6.45, 7) is 23.1. The van der Waals surface area contributed by atoms with Crippen LogP contribution in [-0.2, 0) is 0 Å². The summed E-state index contributed by atoms with van der Waals surface area (Å²) in [6.07, 6.45) is 0. The molecular weight excluding hydrogens is 786 g/mol. The van der Waals surface area contributed by atoms with Crippen LogP contribution in [0.3, 0.4) is 0 Å². The largest absolute Gasteiger partial charge is 0.311 e. The van der Waals surface area contributed by atoms with Crippen molar-refractivity contribution in [2.24, 2.45) is 0 Å². The SMILES string of the molecule is CC(C)c1ccc(N2c3ccc(C(C)C)cc3B3c4cc(C(C)C)ccc4N(c4ccc5ccccc5c4)c4cc(-n5c6ccc(C(C)C)cc6c6cc(C(C)C)ccc65)cc2c43)cc1. The van der Waals surface area contributed by atoms with E-state index in [4.69, 9.17) is 0 Å². The summed E-state index contributed by atoms with van der Waals surface area (Å²) in [4.78, 5) is 5.17. The van der Waals surface area contributed by atoms with Crippen LogP contribution < -0.4 is 26.2 Å². The zero-order valence-electron chi connectivity index (χ0n) is 39.7. The summed E-state index contributed by atoms with van der Waals surface area (Å²) in [7, 11) is 0. The fourth-order valence-electron chi connectivity index (χ4n) is 10.8. The molecule has 0 spiro atoms. The first kappa shape index (κ1) is 41.2. The second-order valence-corrected chi connectivity index (χ2v) is 20.4. The van der Waals surface area contributed by atoms with Crippen LogP contribution in [0.1, 0.15) is 127 Å². The van der Waals surface area contributed by atoms with Gasteiger partial charge >= 0.3 is 0 Å². The third-order valence-electron chi connectivity index (χ3n) is 14.6. The highest BCUT2D eigenvalue weighted by atomic mass is 15.2. The van der Waals surface area contributed by atoms with E-state index in [0.717, 1.165) is 5.69 Å². The zero-order chi connectivity index (χ0) is 45.0. The number of fused-ring (bicyclic) bond motifs is 8. The highest BCUT2D eigenvalue weighted by Crippen LogP contribution is 2.47. The van der Waals surface area contributed by atoms with Gasteiger partial charge in [0.15, 0.2) is 0 Å². The molecule has 0 atom stereocenters. The predicted molar refractivity (Wildman–Crippen MR) is 283 cm³/mol. The number of hydrogen-bond donors (Lipinski definition) is 0. The summed E-state index contributed by atoms with van der Waals surface area (Å²) in [5.74, 6) is 2.08. The Kier molecular flexibility index (Phi) is 9.88. The van der Waals surface area contributed by atoms with Gasteiger partial charge in [-0.15, -0.1) is 0 Å². The molecule has 3 heterocycles. The van der Waals surface area contributed by atoms with Gasteiger partial charge in [-0.3, -0.25) is 0 Å². The Morgan fingerprint density at radius 2 is 0.769 bits per heavy atom. The van der Waals surface area contributed by atoms with Crippen molar-refractivity contribution < 1.29 is 0 Å². The Bertz CT molecular complexity index is 3260. The molecule has 0 radical (unpaired) electrons. The molecule has 4 heteroatoms. The van der Waals surface area contributed by atoms with E-state index >= 15 is 0 Å². The normalized spacial score (nSPS) is 13.4. The van der Waals surface area contributed by atoms with E-state index in [1.54, 1.807) is 0 Å². The Labute approximate surface area is 386 Å². The summed E-state index contributed by atoms with van der Waals surface area (Å²) in [5.41, 5.74) is 21.8. The monoisotopic (exact) mass is 845 g/mol. The lowest BCUT2D eigenvalue weighted by Crippen LogP contribution is -2.61. The van der Waals surface area contributed by atoms with E-state index in [0.29, 0.717) is 29.6 Å². The molecule has 65 heavy (non-hydrogen) atoms. The third-order valence-corrected chi connectivity index (χ3v) is 14.6. The van der Waals surface area contributed by atoms with Gasteiger partial charge in [0.05, 0.1) is 16.7 Å². The molecule has 0 aliphatic carbocycles. The third kappa shape index (κ3) is 6.62. The van der Waals surface area contributed by atoms with E-state index in [2.05, 4.69) is 235 Å². The highest BCUT2D eigenvalue weighted by Gasteiger charge is 2.44. The van der Waals surface area contributed by atoms with Crippen LogP contribution in [0.25, 0.3) is 38.3 Å². The second-order valence-electron chi connectivity index (χ2n) is 20.4. The van der Waals surface area contributed by atoms with Crippen molar-refractivity contribution in [1.29, 1.82) is 0 Å². The van der Waals surface area contributed by atoms with Crippen molar-refractivity contribution in [2.45, 2.75) is 98.8 Å². The number of anilines is 6. The van der Waals surface area contributed by atoms with Gasteiger partial charge in [0, 0.05) is 44.9 Å². The maximum absolute atomic E-state index is 2.59. The molecule has 2 aliphatic heterocycles. The topological polar surface area (TPSA) is 11.4 Å². The molecule has 8 aromatic carbocycles. The average Bonchev–Trinajstić information content (AvgIpc) is 3.63. The van der Waals surface area contributed by atoms with Crippen LogP contribution in [0.5, 0.6) is 0 Å². The molecule has 9 aromatic rings. The first-order valence-electron chi connectivity index (χ1n) is 24.1. The predicted octanol–water partition coefficient (Wildman–Crippen LogP) is 15.6. The maximum atomic E-state index is 2.59. The lowest BCUT2D eigenvalue weighted by Gasteiger charge is -2.45. The van der Waals surface area contributed by atoms with Crippen LogP contribution in [-0.4, -0.2) is 11.3 Å². The fourth-order valence-corrected chi connectivity index (χ4v) is 10.8. The van der Waals surface area contributed by atoms with E-state index in [-0.39, 0.29) is 6.71 Å². The van der Waals surface area contributed by atoms with Crippen LogP contribution in [0, 0.1) is 0 Å². The minimum Gasteiger partial charge on any atom is -0.311 e. The molecular formula is C61H60BN3. The first-order valence-corrected chi connectivity index (χ1v) is 24.1. The molecule has 0 N–H and O–H groups in total. The number of aromatic nitrogens is 1. The summed E-state index contributed by atoms with van der Waals surface area (Å²) < 4.78 is 2.55. The minimum absolute atomic E-state index is 0.0275. The van der Waals surface area contributed by atoms with Gasteiger partial charge in [0.25, 0.3) is 6.71 Å². The molecule has 1 aromatic heterocycles. The molecule has 11 rings (SSSR count). The molecule has 3 nitrogen and oxygen atoms in total. The van der Waals surface area contributed by atoms with E-state index in [9.17, 15) is 0 Å². The summed E-state index contributed by atoms with van der Waals surface area (Å²) >= 11 is 0. The quantitative estimate of drug-likeness (QED) is 0.141. The lowest BCUT2D eigenvalue weighted by atomic mass is 9.33. The fraction of sp³-hybridized carbons (Fsp3) is 0.246. The van der Waals surface area contributed by atoms with Crippen molar-refractivity contribution in [3.05, 3.63) is 179 Å². The van der Waals surface area contributed by atoms with Crippen molar-refractivity contribution in [2.75, 3.05) is 9.80 Å². The Morgan fingerprint density at radius 3 is 1.28 bits per heavy atom. The number of nitrogens with zero attached hydrogens (tertiary/aromatic N) is 3. The second kappa shape index (κ2) is 15.6. The molecule has 0 fully saturated rings. The van der Waals surface area contributed by atoms with E-state index < -0.39 is 0 Å². The van der Waals surface area contributed by atoms with Gasteiger partial charge in [-0.05, 0) is 157 Å². The molecule has 0 saturated heterocycles. The molecule has 0 bridgehead atoms. The molecule has 0 saturated carbocycles. The lowest BCUT2D eigenvalue weighted by molar-refractivity contribution is 0.866. The minimum atomic E-state index is 0.0275. The smallest absolute Gasteiger partial charge is 0.252 e. The van der Waals surface area contributed by atoms with Gasteiger partial charge < -0.3 is 14.4 Å². The van der Waals surface area contributed by atoms with E-state index in [1.165, 1.54) is 111 Å². The van der Waals surface area contributed by atoms with Gasteiger partial charge in [0.2, 0.25) is 0 Å². The first-order chi connectivity index (χ1) is 31.4. The van der Waals surface area contributed by atoms with Crippen LogP contribution >= 0.6 is 0 Å². The van der Waals surface area contributed by atoms with Gasteiger partial charge in [-0.25, -0.2) is 0 Å². The Balaban J connectivity index is 1.29. The van der Waals surface area contributed by atoms with Crippen LogP contribution in [0.2, 0.25) is 0 Å². The van der Waals surface area contributed by atoms with Crippen LogP contribution in [0.15, 0.2) is 152 Å². The van der Waals surface area contributed by atoms with Crippen molar-refractivity contribution in [3.63, 3.8) is 0 Å². The Morgan fingerprint density at radius 1 is 0.338 bits per heavy atom. The van der Waals surface area contributed by atoms with Gasteiger partial charge in [-0.2, -0.15) is 0 Å². The molecule has 0 unspecified atom stereocenters. The zero-order valence-corrected chi connectivity index (χ0v) is 39.7. The molecule has 0 amide bonds. The number of rotatable bonds is 8. The van der Waals surface area contributed by atoms with Crippen LogP contribution in [0.4, 0.5) is 34.1 Å². The van der Waals surface area contributed by atoms with Gasteiger partial charge in [-0.1, -0.05) is 148 Å². The van der Waals surface area contributed by atoms with E-state index in [1.807, 2.05) is 0 Å². The Hall–Kier alpha value is -6.52. The van der Waals surface area contributed by atoms with Crippen molar-refractivity contribution in [1.82, 2.24) is 4.57 Å². The summed E-state index contributed by atoms with van der Waals surface area (Å²) in [6, 6.07) is 59.2. The van der Waals surface area contributed by atoms with Crippen molar-refractivity contribution >= 4 is 89.8 Å². The summed E-state index contributed by atoms with van der Waals surface area (Å²) in [5, 5.41) is 5.10. The average molecular weight is 846 g/mol. The highest BCUT2D eigenvalue weighted by molar-refractivity contribution is 7.00. The number of benzene rings is 8.